The molecular weight excluding hydrogens is 545 g/mol. The highest BCUT2D eigenvalue weighted by Gasteiger charge is 2.29. The van der Waals surface area contributed by atoms with Crippen molar-refractivity contribution in [1.82, 2.24) is 4.98 Å². The van der Waals surface area contributed by atoms with Gasteiger partial charge >= 0.3 is 0 Å². The van der Waals surface area contributed by atoms with E-state index in [1.807, 2.05) is 0 Å². The lowest BCUT2D eigenvalue weighted by molar-refractivity contribution is 0.463. The number of benzene rings is 3. The van der Waals surface area contributed by atoms with Crippen LogP contribution in [0.2, 0.25) is 10.0 Å². The highest BCUT2D eigenvalue weighted by atomic mass is 35.5. The molecule has 4 aromatic rings. The fraction of sp³-hybridized carbons (Fsp3) is 0.125. The smallest absolute Gasteiger partial charge is 0.265 e. The zero-order valence-electron chi connectivity index (χ0n) is 19.3. The molecule has 0 saturated carbocycles. The van der Waals surface area contributed by atoms with Crippen LogP contribution in [0.4, 0.5) is 11.4 Å². The number of pyridine rings is 1. The number of phenolic OH excluding ortho intramolecular Hbond substituents is 1. The first-order chi connectivity index (χ1) is 16.8. The van der Waals surface area contributed by atoms with Crippen molar-refractivity contribution in [2.75, 3.05) is 9.44 Å². The van der Waals surface area contributed by atoms with Crippen molar-refractivity contribution in [2.24, 2.45) is 0 Å². The van der Waals surface area contributed by atoms with Gasteiger partial charge in [-0.25, -0.2) is 21.8 Å². The molecular formula is C24H21Cl2N3O5S2. The third-order valence-corrected chi connectivity index (χ3v) is 9.23. The Hall–Kier alpha value is -3.05. The summed E-state index contributed by atoms with van der Waals surface area (Å²) < 4.78 is 58.6. The monoisotopic (exact) mass is 565 g/mol. The Morgan fingerprint density at radius 3 is 1.78 bits per heavy atom. The number of aromatic hydroxyl groups is 1. The largest absolute Gasteiger partial charge is 0.504 e. The molecule has 188 valence electrons. The van der Waals surface area contributed by atoms with Crippen molar-refractivity contribution in [2.45, 2.75) is 30.6 Å². The second kappa shape index (κ2) is 9.44. The normalized spacial score (nSPS) is 12.0. The number of hydrogen-bond acceptors (Lipinski definition) is 6. The lowest BCUT2D eigenvalue weighted by Gasteiger charge is -2.17. The van der Waals surface area contributed by atoms with Crippen LogP contribution in [0.25, 0.3) is 10.9 Å². The SMILES string of the molecule is Cc1ccc2c(S(=O)(=O)Nc3cccc(Cl)c3C)cc(S(=O)(=O)Nc3cccc(Cl)c3C)c(O)c2n1. The molecule has 0 bridgehead atoms. The van der Waals surface area contributed by atoms with Gasteiger partial charge in [-0.05, 0) is 74.4 Å². The number of hydrogen-bond donors (Lipinski definition) is 3. The summed E-state index contributed by atoms with van der Waals surface area (Å²) in [5, 5.41) is 11.7. The van der Waals surface area contributed by atoms with E-state index in [1.165, 1.54) is 18.2 Å². The van der Waals surface area contributed by atoms with E-state index in [1.54, 1.807) is 51.1 Å². The van der Waals surface area contributed by atoms with Crippen molar-refractivity contribution in [1.29, 1.82) is 0 Å². The molecule has 3 N–H and O–H groups in total. The van der Waals surface area contributed by atoms with Crippen molar-refractivity contribution in [3.8, 4) is 5.75 Å². The summed E-state index contributed by atoms with van der Waals surface area (Å²) >= 11 is 12.2. The maximum atomic E-state index is 13.5. The molecule has 0 amide bonds. The van der Waals surface area contributed by atoms with Gasteiger partial charge in [-0.2, -0.15) is 0 Å². The number of rotatable bonds is 6. The van der Waals surface area contributed by atoms with Gasteiger partial charge in [0.2, 0.25) is 0 Å². The minimum absolute atomic E-state index is 0.0446. The summed E-state index contributed by atoms with van der Waals surface area (Å²) in [5.41, 5.74) is 1.63. The van der Waals surface area contributed by atoms with Crippen LogP contribution < -0.4 is 9.44 Å². The zero-order valence-corrected chi connectivity index (χ0v) is 22.4. The highest BCUT2D eigenvalue weighted by molar-refractivity contribution is 7.93. The number of fused-ring (bicyclic) bond motifs is 1. The number of phenols is 1. The van der Waals surface area contributed by atoms with Crippen molar-refractivity contribution in [3.05, 3.63) is 81.5 Å². The Labute approximate surface area is 219 Å². The second-order valence-electron chi connectivity index (χ2n) is 8.11. The first-order valence-electron chi connectivity index (χ1n) is 10.5. The molecule has 0 spiro atoms. The number of nitrogens with one attached hydrogen (secondary N) is 2. The third kappa shape index (κ3) is 4.81. The highest BCUT2D eigenvalue weighted by Crippen LogP contribution is 2.38. The van der Waals surface area contributed by atoms with E-state index in [0.717, 1.165) is 6.07 Å². The Kier molecular flexibility index (Phi) is 6.82. The predicted octanol–water partition coefficient (Wildman–Crippen LogP) is 5.77. The molecule has 0 radical (unpaired) electrons. The molecule has 3 aromatic carbocycles. The van der Waals surface area contributed by atoms with Gasteiger partial charge in [0.15, 0.2) is 5.75 Å². The minimum Gasteiger partial charge on any atom is -0.504 e. The summed E-state index contributed by atoms with van der Waals surface area (Å²) in [6.07, 6.45) is 0. The Balaban J connectivity index is 1.93. The molecule has 1 heterocycles. The van der Waals surface area contributed by atoms with Gasteiger partial charge in [-0.15, -0.1) is 0 Å². The third-order valence-electron chi connectivity index (χ3n) is 5.62. The van der Waals surface area contributed by atoms with Crippen LogP contribution in [-0.4, -0.2) is 26.9 Å². The minimum atomic E-state index is -4.47. The Morgan fingerprint density at radius 1 is 0.750 bits per heavy atom. The van der Waals surface area contributed by atoms with E-state index in [2.05, 4.69) is 14.4 Å². The van der Waals surface area contributed by atoms with E-state index in [-0.39, 0.29) is 27.2 Å². The fourth-order valence-electron chi connectivity index (χ4n) is 3.58. The molecule has 0 atom stereocenters. The van der Waals surface area contributed by atoms with E-state index in [4.69, 9.17) is 23.2 Å². The van der Waals surface area contributed by atoms with Crippen LogP contribution in [-0.2, 0) is 20.0 Å². The first-order valence-corrected chi connectivity index (χ1v) is 14.2. The summed E-state index contributed by atoms with van der Waals surface area (Å²) in [5.74, 6) is -0.682. The fourth-order valence-corrected chi connectivity index (χ4v) is 6.60. The molecule has 0 unspecified atom stereocenters. The summed E-state index contributed by atoms with van der Waals surface area (Å²) in [4.78, 5) is 3.18. The van der Waals surface area contributed by atoms with E-state index < -0.39 is 30.7 Å². The summed E-state index contributed by atoms with van der Waals surface area (Å²) in [6.45, 7) is 4.90. The van der Waals surface area contributed by atoms with Gasteiger partial charge in [0, 0.05) is 21.1 Å². The molecule has 36 heavy (non-hydrogen) atoms. The van der Waals surface area contributed by atoms with Crippen LogP contribution in [0.3, 0.4) is 0 Å². The first kappa shape index (κ1) is 26.0. The van der Waals surface area contributed by atoms with E-state index in [0.29, 0.717) is 26.9 Å². The van der Waals surface area contributed by atoms with Gasteiger partial charge < -0.3 is 5.11 Å². The van der Waals surface area contributed by atoms with E-state index in [9.17, 15) is 21.9 Å². The van der Waals surface area contributed by atoms with E-state index >= 15 is 0 Å². The summed E-state index contributed by atoms with van der Waals surface area (Å²) in [7, 11) is -8.82. The zero-order chi connectivity index (χ0) is 26.4. The average molecular weight is 566 g/mol. The quantitative estimate of drug-likeness (QED) is 0.272. The van der Waals surface area contributed by atoms with Gasteiger partial charge in [0.05, 0.1) is 16.3 Å². The van der Waals surface area contributed by atoms with Crippen LogP contribution in [0.1, 0.15) is 16.8 Å². The molecule has 1 aromatic heterocycles. The van der Waals surface area contributed by atoms with Gasteiger partial charge in [0.25, 0.3) is 20.0 Å². The maximum Gasteiger partial charge on any atom is 0.265 e. The predicted molar refractivity (Wildman–Crippen MR) is 142 cm³/mol. The second-order valence-corrected chi connectivity index (χ2v) is 12.2. The molecule has 0 saturated heterocycles. The van der Waals surface area contributed by atoms with Gasteiger partial charge in [-0.3, -0.25) is 9.44 Å². The number of aromatic nitrogens is 1. The van der Waals surface area contributed by atoms with Crippen molar-refractivity contribution in [3.63, 3.8) is 0 Å². The lowest BCUT2D eigenvalue weighted by atomic mass is 10.2. The molecule has 8 nitrogen and oxygen atoms in total. The van der Waals surface area contributed by atoms with Crippen LogP contribution in [0.5, 0.6) is 5.75 Å². The van der Waals surface area contributed by atoms with Crippen molar-refractivity contribution >= 4 is 65.5 Å². The Bertz CT molecular complexity index is 1740. The lowest BCUT2D eigenvalue weighted by Crippen LogP contribution is -2.18. The molecule has 4 rings (SSSR count). The number of aryl methyl sites for hydroxylation is 1. The molecule has 0 fully saturated rings. The topological polar surface area (TPSA) is 125 Å². The van der Waals surface area contributed by atoms with Crippen molar-refractivity contribution < 1.29 is 21.9 Å². The molecule has 12 heteroatoms. The van der Waals surface area contributed by atoms with Crippen LogP contribution in [0.15, 0.2) is 64.4 Å². The van der Waals surface area contributed by atoms with Gasteiger partial charge in [-0.1, -0.05) is 35.3 Å². The number of sulfonamides is 2. The number of nitrogens with zero attached hydrogens (tertiary/aromatic N) is 1. The van der Waals surface area contributed by atoms with Crippen LogP contribution >= 0.6 is 23.2 Å². The standard InChI is InChI=1S/C24H21Cl2N3O5S2/c1-13-10-11-16-21(35(31,32)28-19-8-4-6-17(25)14(19)2)12-22(24(30)23(16)27-13)36(33,34)29-20-9-5-7-18(26)15(20)3/h4-12,28-30H,1-3H3. The summed E-state index contributed by atoms with van der Waals surface area (Å²) in [6, 6.07) is 13.3. The molecule has 0 aliphatic rings. The average Bonchev–Trinajstić information content (AvgIpc) is 2.80. The number of anilines is 2. The molecule has 0 aliphatic carbocycles. The Morgan fingerprint density at radius 2 is 1.25 bits per heavy atom. The van der Waals surface area contributed by atoms with Gasteiger partial charge in [0.1, 0.15) is 10.4 Å². The molecule has 0 aliphatic heterocycles. The van der Waals surface area contributed by atoms with Crippen LogP contribution in [0, 0.1) is 20.8 Å². The number of halogens is 2. The maximum absolute atomic E-state index is 13.5.